The van der Waals surface area contributed by atoms with E-state index in [1.807, 2.05) is 0 Å². The van der Waals surface area contributed by atoms with Crippen molar-refractivity contribution in [2.45, 2.75) is 32.5 Å². The summed E-state index contributed by atoms with van der Waals surface area (Å²) in [7, 11) is 0. The van der Waals surface area contributed by atoms with Crippen molar-refractivity contribution in [2.75, 3.05) is 19.7 Å². The zero-order valence-electron chi connectivity index (χ0n) is 10.8. The minimum atomic E-state index is -0.180. The van der Waals surface area contributed by atoms with Crippen molar-refractivity contribution in [2.24, 2.45) is 5.73 Å². The Morgan fingerprint density at radius 3 is 3.11 bits per heavy atom. The number of nitrogens with zero attached hydrogens (tertiary/aromatic N) is 2. The molecule has 100 valence electrons. The predicted molar refractivity (Wildman–Crippen MR) is 68.2 cm³/mol. The van der Waals surface area contributed by atoms with Gasteiger partial charge in [-0.1, -0.05) is 0 Å². The van der Waals surface area contributed by atoms with E-state index in [1.165, 1.54) is 6.07 Å². The van der Waals surface area contributed by atoms with E-state index in [0.29, 0.717) is 24.2 Å². The summed E-state index contributed by atoms with van der Waals surface area (Å²) >= 11 is 0. The number of rotatable bonds is 3. The lowest BCUT2D eigenvalue weighted by Crippen LogP contribution is -2.43. The number of aromatic nitrogens is 2. The van der Waals surface area contributed by atoms with Crippen LogP contribution >= 0.6 is 0 Å². The quantitative estimate of drug-likeness (QED) is 0.791. The number of morpholine rings is 1. The molecule has 1 aliphatic rings. The van der Waals surface area contributed by atoms with Crippen LogP contribution in [-0.2, 0) is 11.3 Å². The van der Waals surface area contributed by atoms with Crippen LogP contribution in [0.1, 0.15) is 31.5 Å². The normalized spacial score (nSPS) is 21.4. The van der Waals surface area contributed by atoms with E-state index in [9.17, 15) is 4.79 Å². The van der Waals surface area contributed by atoms with Gasteiger partial charge in [0.05, 0.1) is 12.3 Å². The van der Waals surface area contributed by atoms with E-state index in [2.05, 4.69) is 28.7 Å². The smallest absolute Gasteiger partial charge is 0.251 e. The number of nitrogens with two attached hydrogens (primary N) is 1. The number of hydrogen-bond acceptors (Lipinski definition) is 5. The van der Waals surface area contributed by atoms with E-state index in [0.717, 1.165) is 13.1 Å². The van der Waals surface area contributed by atoms with Crippen LogP contribution in [0.5, 0.6) is 0 Å². The second kappa shape index (κ2) is 5.60. The first kappa shape index (κ1) is 13.2. The first-order chi connectivity index (χ1) is 8.60. The van der Waals surface area contributed by atoms with Gasteiger partial charge in [0, 0.05) is 31.7 Å². The second-order valence-corrected chi connectivity index (χ2v) is 4.77. The molecule has 3 N–H and O–H groups in total. The van der Waals surface area contributed by atoms with Crippen LogP contribution in [0.2, 0.25) is 0 Å². The maximum atomic E-state index is 11.5. The Labute approximate surface area is 106 Å². The summed E-state index contributed by atoms with van der Waals surface area (Å²) in [5.74, 6) is 0.577. The molecule has 0 bridgehead atoms. The van der Waals surface area contributed by atoms with Gasteiger partial charge in [-0.25, -0.2) is 4.98 Å². The van der Waals surface area contributed by atoms with Crippen LogP contribution in [0.15, 0.2) is 10.9 Å². The summed E-state index contributed by atoms with van der Waals surface area (Å²) in [6.45, 7) is 6.87. The fourth-order valence-electron chi connectivity index (χ4n) is 2.09. The Morgan fingerprint density at radius 1 is 1.67 bits per heavy atom. The Kier molecular flexibility index (Phi) is 4.11. The molecule has 1 saturated heterocycles. The lowest BCUT2D eigenvalue weighted by molar-refractivity contribution is -0.0444. The molecule has 0 spiro atoms. The minimum Gasteiger partial charge on any atom is -0.368 e. The number of ether oxygens (including phenoxy) is 1. The highest BCUT2D eigenvalue weighted by atomic mass is 16.5. The summed E-state index contributed by atoms with van der Waals surface area (Å²) in [4.78, 5) is 20.9. The highest BCUT2D eigenvalue weighted by Crippen LogP contribution is 2.19. The average molecular weight is 252 g/mol. The molecule has 0 saturated carbocycles. The Hall–Kier alpha value is -1.24. The highest BCUT2D eigenvalue weighted by molar-refractivity contribution is 5.05. The van der Waals surface area contributed by atoms with Gasteiger partial charge in [-0.3, -0.25) is 9.69 Å². The Bertz CT molecular complexity index is 458. The van der Waals surface area contributed by atoms with Crippen LogP contribution < -0.4 is 11.3 Å². The number of aromatic amines is 1. The van der Waals surface area contributed by atoms with Crippen molar-refractivity contribution >= 4 is 0 Å². The van der Waals surface area contributed by atoms with Crippen molar-refractivity contribution in [1.82, 2.24) is 14.9 Å². The van der Waals surface area contributed by atoms with Gasteiger partial charge in [0.2, 0.25) is 0 Å². The maximum absolute atomic E-state index is 11.5. The third-order valence-electron chi connectivity index (χ3n) is 3.16. The topological polar surface area (TPSA) is 84.2 Å². The predicted octanol–water partition coefficient (Wildman–Crippen LogP) is 0.0103. The van der Waals surface area contributed by atoms with Crippen LogP contribution in [0, 0.1) is 0 Å². The van der Waals surface area contributed by atoms with Gasteiger partial charge >= 0.3 is 0 Å². The van der Waals surface area contributed by atoms with Crippen molar-refractivity contribution in [1.29, 1.82) is 0 Å². The maximum Gasteiger partial charge on any atom is 0.251 e. The Balaban J connectivity index is 2.20. The molecular formula is C12H20N4O2. The molecule has 0 aromatic carbocycles. The molecule has 0 radical (unpaired) electrons. The molecule has 1 aliphatic heterocycles. The molecular weight excluding hydrogens is 232 g/mol. The molecule has 1 aromatic rings. The van der Waals surface area contributed by atoms with Crippen molar-refractivity contribution < 1.29 is 4.74 Å². The molecule has 2 heterocycles. The molecule has 1 unspecified atom stereocenters. The van der Waals surface area contributed by atoms with Gasteiger partial charge in [0.1, 0.15) is 11.9 Å². The van der Waals surface area contributed by atoms with Crippen LogP contribution in [0.25, 0.3) is 0 Å². The molecule has 1 atom stereocenters. The number of nitrogens with one attached hydrogen (secondary N) is 1. The summed E-state index contributed by atoms with van der Waals surface area (Å²) in [5, 5.41) is 0. The van der Waals surface area contributed by atoms with Crippen molar-refractivity contribution in [3.63, 3.8) is 0 Å². The van der Waals surface area contributed by atoms with Crippen molar-refractivity contribution in [3.8, 4) is 0 Å². The zero-order valence-corrected chi connectivity index (χ0v) is 10.8. The highest BCUT2D eigenvalue weighted by Gasteiger charge is 2.25. The van der Waals surface area contributed by atoms with Crippen molar-refractivity contribution in [3.05, 3.63) is 27.9 Å². The number of H-pyrrole nitrogens is 1. The third kappa shape index (κ3) is 2.95. The van der Waals surface area contributed by atoms with Gasteiger partial charge in [0.15, 0.2) is 0 Å². The molecule has 1 aromatic heterocycles. The fourth-order valence-corrected chi connectivity index (χ4v) is 2.09. The van der Waals surface area contributed by atoms with Crippen LogP contribution in [0.4, 0.5) is 0 Å². The van der Waals surface area contributed by atoms with Gasteiger partial charge in [-0.05, 0) is 13.8 Å². The first-order valence-electron chi connectivity index (χ1n) is 6.26. The fraction of sp³-hybridized carbons (Fsp3) is 0.667. The molecule has 6 heteroatoms. The van der Waals surface area contributed by atoms with E-state index in [1.54, 1.807) is 0 Å². The van der Waals surface area contributed by atoms with E-state index < -0.39 is 0 Å². The summed E-state index contributed by atoms with van der Waals surface area (Å²) < 4.78 is 5.68. The molecule has 6 nitrogen and oxygen atoms in total. The van der Waals surface area contributed by atoms with Crippen LogP contribution in [-0.4, -0.2) is 40.6 Å². The molecule has 0 aliphatic carbocycles. The third-order valence-corrected chi connectivity index (χ3v) is 3.16. The zero-order chi connectivity index (χ0) is 13.1. The number of hydrogen-bond donors (Lipinski definition) is 2. The standard InChI is InChI=1S/C12H20N4O2/c1-8(2)16-3-4-18-10(7-16)12-14-9(6-13)5-11(17)15-12/h5,8,10H,3-4,6-7,13H2,1-2H3,(H,14,15,17). The first-order valence-corrected chi connectivity index (χ1v) is 6.26. The monoisotopic (exact) mass is 252 g/mol. The van der Waals surface area contributed by atoms with Gasteiger partial charge in [0.25, 0.3) is 5.56 Å². The summed E-state index contributed by atoms with van der Waals surface area (Å²) in [6.07, 6.45) is -0.180. The van der Waals surface area contributed by atoms with E-state index in [-0.39, 0.29) is 18.2 Å². The van der Waals surface area contributed by atoms with Crippen LogP contribution in [0.3, 0.4) is 0 Å². The molecule has 18 heavy (non-hydrogen) atoms. The SMILES string of the molecule is CC(C)N1CCOC(c2nc(CN)cc(=O)[nH]2)C1. The minimum absolute atomic E-state index is 0.175. The van der Waals surface area contributed by atoms with Gasteiger partial charge in [-0.15, -0.1) is 0 Å². The van der Waals surface area contributed by atoms with Gasteiger partial charge < -0.3 is 15.5 Å². The van der Waals surface area contributed by atoms with E-state index >= 15 is 0 Å². The lowest BCUT2D eigenvalue weighted by atomic mass is 10.2. The second-order valence-electron chi connectivity index (χ2n) is 4.77. The summed E-state index contributed by atoms with van der Waals surface area (Å²) in [5.41, 5.74) is 5.95. The molecule has 0 amide bonds. The van der Waals surface area contributed by atoms with Gasteiger partial charge in [-0.2, -0.15) is 0 Å². The largest absolute Gasteiger partial charge is 0.368 e. The molecule has 1 fully saturated rings. The average Bonchev–Trinajstić information content (AvgIpc) is 2.38. The lowest BCUT2D eigenvalue weighted by Gasteiger charge is -2.34. The summed E-state index contributed by atoms with van der Waals surface area (Å²) in [6, 6.07) is 1.88. The van der Waals surface area contributed by atoms with E-state index in [4.69, 9.17) is 10.5 Å². The molecule has 2 rings (SSSR count). The Morgan fingerprint density at radius 2 is 2.44 bits per heavy atom.